The second kappa shape index (κ2) is 10.2. The highest BCUT2D eigenvalue weighted by Crippen LogP contribution is 2.56. The summed E-state index contributed by atoms with van der Waals surface area (Å²) in [4.78, 5) is 21.7. The van der Waals surface area contributed by atoms with Crippen LogP contribution >= 0.6 is 0 Å². The molecule has 8 nitrogen and oxygen atoms in total. The molecule has 43 heavy (non-hydrogen) atoms. The summed E-state index contributed by atoms with van der Waals surface area (Å²) < 4.78 is 86.9. The number of carbonyl (C=O) groups excluding carboxylic acids is 1. The molecule has 2 unspecified atom stereocenters. The van der Waals surface area contributed by atoms with Gasteiger partial charge in [-0.25, -0.2) is 14.2 Å². The number of halogens is 4. The van der Waals surface area contributed by atoms with Crippen LogP contribution in [-0.4, -0.2) is 53.2 Å². The van der Waals surface area contributed by atoms with Gasteiger partial charge >= 0.3 is 21.7 Å². The molecule has 0 radical (unpaired) electrons. The van der Waals surface area contributed by atoms with Gasteiger partial charge in [0.1, 0.15) is 23.3 Å². The molecule has 230 valence electrons. The summed E-state index contributed by atoms with van der Waals surface area (Å²) in [6, 6.07) is 9.80. The minimum absolute atomic E-state index is 0.0809. The molecule has 1 amide bonds. The largest absolute Gasteiger partial charge is 0.534 e. The van der Waals surface area contributed by atoms with E-state index < -0.39 is 39.5 Å². The normalized spacial score (nSPS) is 23.5. The number of imidazole rings is 1. The molecule has 2 aliphatic carbocycles. The van der Waals surface area contributed by atoms with Gasteiger partial charge < -0.3 is 13.9 Å². The van der Waals surface area contributed by atoms with Gasteiger partial charge in [0.15, 0.2) is 0 Å². The molecule has 2 fully saturated rings. The fourth-order valence-corrected chi connectivity index (χ4v) is 6.76. The number of aromatic amines is 1. The Morgan fingerprint density at radius 3 is 2.37 bits per heavy atom. The van der Waals surface area contributed by atoms with Gasteiger partial charge in [0.2, 0.25) is 0 Å². The van der Waals surface area contributed by atoms with Crippen LogP contribution < -0.4 is 4.18 Å². The quantitative estimate of drug-likeness (QED) is 0.186. The van der Waals surface area contributed by atoms with E-state index in [9.17, 15) is 30.8 Å². The minimum atomic E-state index is -5.78. The number of carbonyl (C=O) groups is 1. The van der Waals surface area contributed by atoms with Crippen LogP contribution in [-0.2, 0) is 21.3 Å². The van der Waals surface area contributed by atoms with E-state index in [0.717, 1.165) is 35.1 Å². The lowest BCUT2D eigenvalue weighted by molar-refractivity contribution is -0.0500. The van der Waals surface area contributed by atoms with Crippen LogP contribution in [0.5, 0.6) is 5.75 Å². The Morgan fingerprint density at radius 2 is 1.74 bits per heavy atom. The molecule has 3 aromatic rings. The maximum absolute atomic E-state index is 14.4. The number of nitrogens with one attached hydrogen (secondary N) is 1. The molecular formula is C30H31F4N3O5S. The van der Waals surface area contributed by atoms with E-state index in [0.29, 0.717) is 23.5 Å². The van der Waals surface area contributed by atoms with Gasteiger partial charge in [0.25, 0.3) is 0 Å². The number of benzene rings is 2. The van der Waals surface area contributed by atoms with Crippen molar-refractivity contribution in [1.29, 1.82) is 0 Å². The van der Waals surface area contributed by atoms with Crippen LogP contribution in [0.4, 0.5) is 22.4 Å². The Bertz CT molecular complexity index is 1660. The molecule has 3 aliphatic rings. The molecule has 13 heteroatoms. The predicted molar refractivity (Wildman–Crippen MR) is 149 cm³/mol. The molecule has 2 heterocycles. The third-order valence-corrected chi connectivity index (χ3v) is 9.31. The molecule has 1 saturated heterocycles. The molecule has 4 atom stereocenters. The smallest absolute Gasteiger partial charge is 0.444 e. The van der Waals surface area contributed by atoms with Crippen molar-refractivity contribution in [3.8, 4) is 28.1 Å². The molecule has 0 bridgehead atoms. The SMILES string of the molecule is CC(C)(C)OC(=O)N1C[C@@H](F)C[C@H]1c1ncc(-c2ccc(-c3ccc(OS(=O)(=O)C(F)(F)F)c4c3C3CCC3C4)cc2)[nH]1. The minimum Gasteiger partial charge on any atom is -0.444 e. The van der Waals surface area contributed by atoms with Crippen LogP contribution in [0.2, 0.25) is 0 Å². The number of amides is 1. The summed E-state index contributed by atoms with van der Waals surface area (Å²) in [5.74, 6) is 0.559. The molecule has 1 N–H and O–H groups in total. The Morgan fingerprint density at radius 1 is 1.05 bits per heavy atom. The zero-order valence-electron chi connectivity index (χ0n) is 23.7. The summed E-state index contributed by atoms with van der Waals surface area (Å²) in [7, 11) is -5.78. The van der Waals surface area contributed by atoms with Gasteiger partial charge in [0.05, 0.1) is 24.5 Å². The number of ether oxygens (including phenoxy) is 1. The third-order valence-electron chi connectivity index (χ3n) is 8.35. The highest BCUT2D eigenvalue weighted by atomic mass is 32.2. The number of alkyl halides is 4. The van der Waals surface area contributed by atoms with Gasteiger partial charge in [-0.3, -0.25) is 4.90 Å². The summed E-state index contributed by atoms with van der Waals surface area (Å²) in [5.41, 5.74) is -1.79. The first kappa shape index (κ1) is 29.5. The van der Waals surface area contributed by atoms with Gasteiger partial charge in [0, 0.05) is 12.0 Å². The van der Waals surface area contributed by atoms with E-state index in [2.05, 4.69) is 14.2 Å². The number of H-pyrrole nitrogens is 1. The molecule has 2 aromatic carbocycles. The van der Waals surface area contributed by atoms with Crippen molar-refractivity contribution in [1.82, 2.24) is 14.9 Å². The molecule has 0 spiro atoms. The first-order chi connectivity index (χ1) is 20.1. The lowest BCUT2D eigenvalue weighted by Crippen LogP contribution is -2.37. The van der Waals surface area contributed by atoms with E-state index in [1.54, 1.807) is 33.0 Å². The second-order valence-corrected chi connectivity index (χ2v) is 13.9. The summed E-state index contributed by atoms with van der Waals surface area (Å²) in [6.45, 7) is 5.16. The summed E-state index contributed by atoms with van der Waals surface area (Å²) in [5, 5.41) is 0. The topological polar surface area (TPSA) is 102 Å². The zero-order chi connectivity index (χ0) is 30.9. The van der Waals surface area contributed by atoms with E-state index in [1.807, 2.05) is 24.3 Å². The second-order valence-electron chi connectivity index (χ2n) is 12.4. The number of hydrogen-bond acceptors (Lipinski definition) is 6. The highest BCUT2D eigenvalue weighted by Gasteiger charge is 2.50. The first-order valence-corrected chi connectivity index (χ1v) is 15.5. The van der Waals surface area contributed by atoms with Gasteiger partial charge in [-0.15, -0.1) is 0 Å². The highest BCUT2D eigenvalue weighted by molar-refractivity contribution is 7.88. The van der Waals surface area contributed by atoms with E-state index >= 15 is 0 Å². The monoisotopic (exact) mass is 621 g/mol. The Labute approximate surface area is 246 Å². The van der Waals surface area contributed by atoms with Crippen LogP contribution in [0.15, 0.2) is 42.6 Å². The van der Waals surface area contributed by atoms with E-state index in [-0.39, 0.29) is 30.6 Å². The first-order valence-electron chi connectivity index (χ1n) is 14.1. The van der Waals surface area contributed by atoms with Crippen molar-refractivity contribution >= 4 is 16.2 Å². The number of rotatable bonds is 5. The van der Waals surface area contributed by atoms with Crippen molar-refractivity contribution < 1.29 is 39.7 Å². The predicted octanol–water partition coefficient (Wildman–Crippen LogP) is 7.04. The fraction of sp³-hybridized carbons (Fsp3) is 0.467. The fourth-order valence-electron chi connectivity index (χ4n) is 6.28. The number of fused-ring (bicyclic) bond motifs is 3. The van der Waals surface area contributed by atoms with Crippen LogP contribution in [0.3, 0.4) is 0 Å². The van der Waals surface area contributed by atoms with Gasteiger partial charge in [-0.1, -0.05) is 30.3 Å². The standard InChI is InChI=1S/C30H31F4N3O5S/c1-29(2,3)41-28(38)37-15-19(31)13-24(37)27-35-14-23(36-27)17-6-4-16(5-7-17)20-10-11-25(42-43(39,40)30(32,33)34)22-12-18-8-9-21(18)26(20)22/h4-7,10-11,14,18-19,21,24H,8-9,12-13,15H2,1-3H3,(H,35,36)/t18?,19-,21?,24-/m0/s1. The Kier molecular flexibility index (Phi) is 7.02. The average molecular weight is 622 g/mol. The van der Waals surface area contributed by atoms with Crippen LogP contribution in [0, 0.1) is 5.92 Å². The van der Waals surface area contributed by atoms with Crippen molar-refractivity contribution in [3.05, 3.63) is 59.5 Å². The molecule has 1 saturated carbocycles. The molecule has 1 aromatic heterocycles. The van der Waals surface area contributed by atoms with Crippen LogP contribution in [0.1, 0.15) is 68.9 Å². The average Bonchev–Trinajstić information content (AvgIpc) is 3.59. The van der Waals surface area contributed by atoms with E-state index in [4.69, 9.17) is 4.74 Å². The molecular weight excluding hydrogens is 590 g/mol. The van der Waals surface area contributed by atoms with Crippen molar-refractivity contribution in [2.24, 2.45) is 5.92 Å². The Balaban J connectivity index is 1.26. The van der Waals surface area contributed by atoms with Gasteiger partial charge in [-0.2, -0.15) is 21.6 Å². The van der Waals surface area contributed by atoms with E-state index in [1.165, 1.54) is 11.0 Å². The van der Waals surface area contributed by atoms with Crippen molar-refractivity contribution in [2.45, 2.75) is 75.7 Å². The maximum atomic E-state index is 14.4. The zero-order valence-corrected chi connectivity index (χ0v) is 24.6. The lowest BCUT2D eigenvalue weighted by atomic mass is 9.73. The number of aromatic nitrogens is 2. The summed E-state index contributed by atoms with van der Waals surface area (Å²) in [6.07, 6.45) is 2.17. The van der Waals surface area contributed by atoms with Gasteiger partial charge in [-0.05, 0) is 80.2 Å². The van der Waals surface area contributed by atoms with Crippen molar-refractivity contribution in [2.75, 3.05) is 6.54 Å². The molecule has 1 aliphatic heterocycles. The number of nitrogens with zero attached hydrogens (tertiary/aromatic N) is 2. The lowest BCUT2D eigenvalue weighted by Gasteiger charge is -2.31. The Hall–Kier alpha value is -3.61. The third kappa shape index (κ3) is 5.47. The number of likely N-dealkylation sites (tertiary alicyclic amines) is 1. The summed E-state index contributed by atoms with van der Waals surface area (Å²) >= 11 is 0. The number of hydrogen-bond donors (Lipinski definition) is 1. The molecule has 6 rings (SSSR count). The van der Waals surface area contributed by atoms with Crippen LogP contribution in [0.25, 0.3) is 22.4 Å². The van der Waals surface area contributed by atoms with Crippen molar-refractivity contribution in [3.63, 3.8) is 0 Å². The maximum Gasteiger partial charge on any atom is 0.534 e.